The van der Waals surface area contributed by atoms with Gasteiger partial charge in [0.05, 0.1) is 24.8 Å². The van der Waals surface area contributed by atoms with Crippen LogP contribution in [-0.2, 0) is 16.0 Å². The van der Waals surface area contributed by atoms with Crippen LogP contribution >= 0.6 is 0 Å². The number of amides is 2. The van der Waals surface area contributed by atoms with Gasteiger partial charge in [0.2, 0.25) is 5.91 Å². The molecule has 4 rings (SSSR count). The molecule has 0 aromatic heterocycles. The van der Waals surface area contributed by atoms with Gasteiger partial charge in [-0.3, -0.25) is 9.59 Å². The summed E-state index contributed by atoms with van der Waals surface area (Å²) in [7, 11) is 1.59. The molecular formula is C22H25N3O3. The number of para-hydroxylation sites is 2. The third-order valence-corrected chi connectivity index (χ3v) is 5.44. The zero-order valence-electron chi connectivity index (χ0n) is 16.0. The normalized spacial score (nSPS) is 20.4. The molecule has 2 atom stereocenters. The van der Waals surface area contributed by atoms with Gasteiger partial charge in [-0.25, -0.2) is 0 Å². The minimum absolute atomic E-state index is 0.0449. The van der Waals surface area contributed by atoms with Crippen LogP contribution in [0.15, 0.2) is 48.5 Å². The Kier molecular flexibility index (Phi) is 5.19. The number of carbonyl (C=O) groups is 2. The minimum atomic E-state index is -0.636. The molecule has 0 unspecified atom stereocenters. The Morgan fingerprint density at radius 2 is 1.93 bits per heavy atom. The van der Waals surface area contributed by atoms with Gasteiger partial charge in [-0.1, -0.05) is 36.4 Å². The molecule has 0 fully saturated rings. The van der Waals surface area contributed by atoms with Crippen LogP contribution in [0.25, 0.3) is 0 Å². The van der Waals surface area contributed by atoms with Crippen LogP contribution in [0.3, 0.4) is 0 Å². The number of hydrogen-bond donors (Lipinski definition) is 2. The molecule has 2 aromatic rings. The highest BCUT2D eigenvalue weighted by atomic mass is 16.5. The summed E-state index contributed by atoms with van der Waals surface area (Å²) in [5, 5.41) is 5.81. The van der Waals surface area contributed by atoms with E-state index in [1.807, 2.05) is 41.3 Å². The lowest BCUT2D eigenvalue weighted by Crippen LogP contribution is -2.51. The Labute approximate surface area is 164 Å². The Morgan fingerprint density at radius 3 is 2.79 bits per heavy atom. The topological polar surface area (TPSA) is 70.7 Å². The van der Waals surface area contributed by atoms with E-state index in [4.69, 9.17) is 4.74 Å². The summed E-state index contributed by atoms with van der Waals surface area (Å²) in [4.78, 5) is 26.9. The number of likely N-dealkylation sites (N-methyl/N-ethyl adjacent to an activating group) is 1. The van der Waals surface area contributed by atoms with Gasteiger partial charge in [-0.2, -0.15) is 0 Å². The van der Waals surface area contributed by atoms with Gasteiger partial charge in [0.1, 0.15) is 5.75 Å². The van der Waals surface area contributed by atoms with Crippen molar-refractivity contribution in [2.75, 3.05) is 25.0 Å². The molecule has 0 saturated heterocycles. The number of nitrogens with one attached hydrogen (secondary N) is 2. The van der Waals surface area contributed by atoms with E-state index in [1.165, 1.54) is 11.1 Å². The monoisotopic (exact) mass is 379 g/mol. The standard InChI is InChI=1S/C22H25N3O3/c1-23-22(27)20-13-25(18-11-4-5-12-19(18)28-20)14-21(26)24-17-10-6-8-15-7-2-3-9-16(15)17/h2-5,7,9,11-12,17,20H,6,8,10,13-14H2,1H3,(H,23,27)(H,24,26)/t17-,20-/m1/s1. The first-order valence-electron chi connectivity index (χ1n) is 9.75. The van der Waals surface area contributed by atoms with E-state index in [-0.39, 0.29) is 24.4 Å². The number of fused-ring (bicyclic) bond motifs is 2. The highest BCUT2D eigenvalue weighted by molar-refractivity contribution is 5.86. The van der Waals surface area contributed by atoms with E-state index in [1.54, 1.807) is 7.05 Å². The molecule has 6 heteroatoms. The van der Waals surface area contributed by atoms with Gasteiger partial charge in [0.25, 0.3) is 5.91 Å². The average molecular weight is 379 g/mol. The quantitative estimate of drug-likeness (QED) is 0.854. The van der Waals surface area contributed by atoms with Crippen LogP contribution in [0.2, 0.25) is 0 Å². The van der Waals surface area contributed by atoms with Crippen LogP contribution < -0.4 is 20.3 Å². The van der Waals surface area contributed by atoms with E-state index in [9.17, 15) is 9.59 Å². The molecule has 6 nitrogen and oxygen atoms in total. The number of aryl methyl sites for hydroxylation is 1. The van der Waals surface area contributed by atoms with E-state index in [2.05, 4.69) is 22.8 Å². The van der Waals surface area contributed by atoms with Gasteiger partial charge in [0, 0.05) is 7.05 Å². The van der Waals surface area contributed by atoms with Crippen molar-refractivity contribution in [3.63, 3.8) is 0 Å². The van der Waals surface area contributed by atoms with Crippen LogP contribution in [0.5, 0.6) is 5.75 Å². The Hall–Kier alpha value is -3.02. The van der Waals surface area contributed by atoms with Gasteiger partial charge >= 0.3 is 0 Å². The van der Waals surface area contributed by atoms with Crippen molar-refractivity contribution in [1.29, 1.82) is 0 Å². The molecule has 1 aliphatic heterocycles. The zero-order chi connectivity index (χ0) is 19.5. The summed E-state index contributed by atoms with van der Waals surface area (Å²) in [6.07, 6.45) is 2.44. The van der Waals surface area contributed by atoms with Crippen molar-refractivity contribution in [3.05, 3.63) is 59.7 Å². The van der Waals surface area contributed by atoms with Crippen molar-refractivity contribution in [3.8, 4) is 5.75 Å². The van der Waals surface area contributed by atoms with Crippen molar-refractivity contribution < 1.29 is 14.3 Å². The number of hydrogen-bond acceptors (Lipinski definition) is 4. The van der Waals surface area contributed by atoms with E-state index < -0.39 is 6.10 Å². The van der Waals surface area contributed by atoms with Gasteiger partial charge in [0.15, 0.2) is 6.10 Å². The summed E-state index contributed by atoms with van der Waals surface area (Å²) in [5.41, 5.74) is 3.37. The summed E-state index contributed by atoms with van der Waals surface area (Å²) in [5.74, 6) is 0.383. The van der Waals surface area contributed by atoms with Crippen LogP contribution in [0.1, 0.15) is 30.0 Å². The second-order valence-corrected chi connectivity index (χ2v) is 7.28. The minimum Gasteiger partial charge on any atom is -0.477 e. The highest BCUT2D eigenvalue weighted by Gasteiger charge is 2.31. The second-order valence-electron chi connectivity index (χ2n) is 7.28. The largest absolute Gasteiger partial charge is 0.477 e. The number of carbonyl (C=O) groups excluding carboxylic acids is 2. The van der Waals surface area contributed by atoms with E-state index in [0.717, 1.165) is 24.9 Å². The van der Waals surface area contributed by atoms with Crippen molar-refractivity contribution in [2.45, 2.75) is 31.4 Å². The van der Waals surface area contributed by atoms with Gasteiger partial charge in [-0.05, 0) is 42.5 Å². The first-order valence-corrected chi connectivity index (χ1v) is 9.75. The predicted octanol–water partition coefficient (Wildman–Crippen LogP) is 2.19. The average Bonchev–Trinajstić information content (AvgIpc) is 2.73. The van der Waals surface area contributed by atoms with Crippen molar-refractivity contribution in [2.24, 2.45) is 0 Å². The highest BCUT2D eigenvalue weighted by Crippen LogP contribution is 2.33. The fourth-order valence-electron chi connectivity index (χ4n) is 4.07. The zero-order valence-corrected chi connectivity index (χ0v) is 16.0. The molecule has 2 aliphatic rings. The molecule has 1 heterocycles. The Morgan fingerprint density at radius 1 is 1.14 bits per heavy atom. The lowest BCUT2D eigenvalue weighted by atomic mass is 9.88. The third-order valence-electron chi connectivity index (χ3n) is 5.44. The first kappa shape index (κ1) is 18.3. The van der Waals surface area contributed by atoms with Gasteiger partial charge < -0.3 is 20.3 Å². The number of ether oxygens (including phenoxy) is 1. The lowest BCUT2D eigenvalue weighted by molar-refractivity contribution is -0.127. The molecule has 146 valence electrons. The third kappa shape index (κ3) is 3.67. The molecular weight excluding hydrogens is 354 g/mol. The molecule has 28 heavy (non-hydrogen) atoms. The molecule has 0 saturated carbocycles. The maximum atomic E-state index is 12.9. The summed E-state index contributed by atoms with van der Waals surface area (Å²) >= 11 is 0. The fraction of sp³-hybridized carbons (Fsp3) is 0.364. The summed E-state index contributed by atoms with van der Waals surface area (Å²) < 4.78 is 5.81. The number of rotatable bonds is 4. The predicted molar refractivity (Wildman–Crippen MR) is 107 cm³/mol. The SMILES string of the molecule is CNC(=O)[C@H]1CN(CC(=O)N[C@@H]2CCCc3ccccc32)c2ccccc2O1. The van der Waals surface area contributed by atoms with E-state index in [0.29, 0.717) is 12.3 Å². The first-order chi connectivity index (χ1) is 13.7. The maximum absolute atomic E-state index is 12.9. The summed E-state index contributed by atoms with van der Waals surface area (Å²) in [6.45, 7) is 0.526. The molecule has 0 spiro atoms. The molecule has 2 aromatic carbocycles. The Balaban J connectivity index is 1.49. The van der Waals surface area contributed by atoms with Crippen molar-refractivity contribution >= 4 is 17.5 Å². The number of benzene rings is 2. The van der Waals surface area contributed by atoms with Crippen LogP contribution in [-0.4, -0.2) is 38.1 Å². The maximum Gasteiger partial charge on any atom is 0.262 e. The van der Waals surface area contributed by atoms with Crippen LogP contribution in [0.4, 0.5) is 5.69 Å². The molecule has 1 aliphatic carbocycles. The van der Waals surface area contributed by atoms with Gasteiger partial charge in [-0.15, -0.1) is 0 Å². The van der Waals surface area contributed by atoms with Crippen molar-refractivity contribution in [1.82, 2.24) is 10.6 Å². The van der Waals surface area contributed by atoms with Crippen LogP contribution in [0, 0.1) is 0 Å². The molecule has 2 amide bonds. The second kappa shape index (κ2) is 7.92. The number of nitrogens with zero attached hydrogens (tertiary/aromatic N) is 1. The molecule has 2 N–H and O–H groups in total. The lowest BCUT2D eigenvalue weighted by Gasteiger charge is -2.35. The molecule has 0 bridgehead atoms. The Bertz CT molecular complexity index is 883. The fourth-order valence-corrected chi connectivity index (χ4v) is 4.07. The summed E-state index contributed by atoms with van der Waals surface area (Å²) in [6, 6.07) is 15.9. The smallest absolute Gasteiger partial charge is 0.262 e. The number of anilines is 1. The molecule has 0 radical (unpaired) electrons. The van der Waals surface area contributed by atoms with E-state index >= 15 is 0 Å².